The van der Waals surface area contributed by atoms with E-state index in [0.717, 1.165) is 18.2 Å². The average Bonchev–Trinajstić information content (AvgIpc) is 3.40. The van der Waals surface area contributed by atoms with Crippen LogP contribution < -0.4 is 10.1 Å². The van der Waals surface area contributed by atoms with Crippen molar-refractivity contribution in [3.63, 3.8) is 0 Å². The third-order valence-corrected chi connectivity index (χ3v) is 6.19. The molecule has 0 aliphatic carbocycles. The zero-order valence-corrected chi connectivity index (χ0v) is 21.8. The van der Waals surface area contributed by atoms with Gasteiger partial charge in [-0.25, -0.2) is 8.78 Å². The van der Waals surface area contributed by atoms with Gasteiger partial charge in [-0.15, -0.1) is 0 Å². The van der Waals surface area contributed by atoms with E-state index in [1.54, 1.807) is 44.3 Å². The fourth-order valence-electron chi connectivity index (χ4n) is 3.81. The third kappa shape index (κ3) is 6.45. The Morgan fingerprint density at radius 1 is 1.13 bits per heavy atom. The Labute approximate surface area is 227 Å². The van der Waals surface area contributed by atoms with Crippen molar-refractivity contribution in [2.45, 2.75) is 38.5 Å². The number of para-hydroxylation sites is 1. The molecule has 0 radical (unpaired) electrons. The largest absolute Gasteiger partial charge is 0.494 e. The van der Waals surface area contributed by atoms with E-state index in [0.29, 0.717) is 15.6 Å². The van der Waals surface area contributed by atoms with E-state index in [9.17, 15) is 23.8 Å². The zero-order valence-electron chi connectivity index (χ0n) is 20.3. The maximum absolute atomic E-state index is 14.1. The van der Waals surface area contributed by atoms with Gasteiger partial charge < -0.3 is 24.8 Å². The van der Waals surface area contributed by atoms with Crippen molar-refractivity contribution < 1.29 is 28.5 Å². The number of halogens is 4. The third-order valence-electron chi connectivity index (χ3n) is 5.48. The second-order valence-corrected chi connectivity index (χ2v) is 10.0. The lowest BCUT2D eigenvalue weighted by Gasteiger charge is -2.20. The Bertz CT molecular complexity index is 1430. The fraction of sp³-hybridized carbons (Fsp3) is 0.231. The summed E-state index contributed by atoms with van der Waals surface area (Å²) in [6, 6.07) is 9.67. The molecule has 200 valence electrons. The molecular formula is C26H24Cl2F2N4O4. The smallest absolute Gasteiger partial charge is 0.249 e. The summed E-state index contributed by atoms with van der Waals surface area (Å²) in [6.07, 6.45) is 2.78. The minimum atomic E-state index is -1.13. The van der Waals surface area contributed by atoms with Crippen LogP contribution in [0.15, 0.2) is 60.9 Å². The molecule has 2 aromatic heterocycles. The van der Waals surface area contributed by atoms with Crippen molar-refractivity contribution in [2.75, 3.05) is 5.32 Å². The van der Waals surface area contributed by atoms with Crippen LogP contribution in [0.3, 0.4) is 0 Å². The number of hydrogen-bond acceptors (Lipinski definition) is 5. The molecule has 12 heteroatoms. The van der Waals surface area contributed by atoms with Crippen LogP contribution in [0.4, 0.5) is 14.6 Å². The second kappa shape index (κ2) is 11.0. The molecule has 1 amide bonds. The number of nitrogens with zero attached hydrogens (tertiary/aromatic N) is 3. The second-order valence-electron chi connectivity index (χ2n) is 9.21. The van der Waals surface area contributed by atoms with Gasteiger partial charge in [0.05, 0.1) is 18.3 Å². The first-order chi connectivity index (χ1) is 17.9. The van der Waals surface area contributed by atoms with Gasteiger partial charge in [-0.3, -0.25) is 9.48 Å². The summed E-state index contributed by atoms with van der Waals surface area (Å²) in [7, 11) is 0. The van der Waals surface area contributed by atoms with Gasteiger partial charge in [-0.05, 0) is 43.7 Å². The van der Waals surface area contributed by atoms with Crippen LogP contribution in [-0.4, -0.2) is 36.1 Å². The monoisotopic (exact) mass is 564 g/mol. The van der Waals surface area contributed by atoms with E-state index in [4.69, 9.17) is 27.9 Å². The molecule has 38 heavy (non-hydrogen) atoms. The molecule has 4 aromatic rings. The van der Waals surface area contributed by atoms with Gasteiger partial charge in [-0.1, -0.05) is 35.3 Å². The lowest BCUT2D eigenvalue weighted by atomic mass is 10.0. The van der Waals surface area contributed by atoms with Crippen molar-refractivity contribution >= 4 is 34.9 Å². The number of aromatic hydroxyl groups is 1. The molecule has 1 unspecified atom stereocenters. The Morgan fingerprint density at radius 2 is 1.76 bits per heavy atom. The number of carbonyl (C=O) groups excluding carboxylic acids is 1. The van der Waals surface area contributed by atoms with Crippen LogP contribution in [0, 0.1) is 11.6 Å². The number of aliphatic hydroxyl groups is 1. The van der Waals surface area contributed by atoms with Crippen molar-refractivity contribution in [1.82, 2.24) is 14.3 Å². The number of amides is 1. The van der Waals surface area contributed by atoms with Gasteiger partial charge in [0.2, 0.25) is 5.91 Å². The maximum Gasteiger partial charge on any atom is 0.249 e. The Morgan fingerprint density at radius 3 is 2.39 bits per heavy atom. The summed E-state index contributed by atoms with van der Waals surface area (Å²) in [5, 5.41) is 28.3. The highest BCUT2D eigenvalue weighted by Crippen LogP contribution is 2.35. The molecule has 0 fully saturated rings. The minimum absolute atomic E-state index is 0.0511. The molecule has 0 aliphatic heterocycles. The van der Waals surface area contributed by atoms with E-state index in [1.165, 1.54) is 21.5 Å². The van der Waals surface area contributed by atoms with E-state index in [-0.39, 0.29) is 24.5 Å². The first-order valence-corrected chi connectivity index (χ1v) is 12.2. The standard InChI is InChI=1S/C26H24Cl2F2N4O4/c1-26(2,37)14-33-10-9-22(32-33)31-25(36)21(12-16-17(27)5-3-6-18(16)28)34-13-15(11-23(34)35)38-24-19(29)7-4-8-20(24)30/h3-11,13,21,35,37H,12,14H2,1-2H3,(H,31,32,36). The lowest BCUT2D eigenvalue weighted by Crippen LogP contribution is -2.28. The summed E-state index contributed by atoms with van der Waals surface area (Å²) in [4.78, 5) is 13.5. The highest BCUT2D eigenvalue weighted by atomic mass is 35.5. The number of nitrogens with one attached hydrogen (secondary N) is 1. The van der Waals surface area contributed by atoms with Gasteiger partial charge in [-0.2, -0.15) is 5.10 Å². The Hall–Kier alpha value is -3.60. The molecular weight excluding hydrogens is 541 g/mol. The zero-order chi connectivity index (χ0) is 27.6. The maximum atomic E-state index is 14.1. The first-order valence-electron chi connectivity index (χ1n) is 11.4. The highest BCUT2D eigenvalue weighted by Gasteiger charge is 2.27. The highest BCUT2D eigenvalue weighted by molar-refractivity contribution is 6.36. The number of hydrogen-bond donors (Lipinski definition) is 3. The molecule has 2 heterocycles. The molecule has 1 atom stereocenters. The normalized spacial score (nSPS) is 12.4. The van der Waals surface area contributed by atoms with Gasteiger partial charge in [0, 0.05) is 34.8 Å². The average molecular weight is 565 g/mol. The molecule has 0 saturated carbocycles. The Balaban J connectivity index is 1.66. The van der Waals surface area contributed by atoms with Gasteiger partial charge in [0.1, 0.15) is 11.8 Å². The molecule has 0 spiro atoms. The predicted molar refractivity (Wildman–Crippen MR) is 139 cm³/mol. The van der Waals surface area contributed by atoms with Crippen molar-refractivity contribution in [3.8, 4) is 17.4 Å². The van der Waals surface area contributed by atoms with Crippen LogP contribution >= 0.6 is 23.2 Å². The molecule has 0 aliphatic rings. The molecule has 4 rings (SSSR count). The summed E-state index contributed by atoms with van der Waals surface area (Å²) < 4.78 is 36.2. The minimum Gasteiger partial charge on any atom is -0.494 e. The summed E-state index contributed by atoms with van der Waals surface area (Å²) in [5.74, 6) is -3.43. The molecule has 8 nitrogen and oxygen atoms in total. The number of aromatic nitrogens is 3. The van der Waals surface area contributed by atoms with Crippen LogP contribution in [0.25, 0.3) is 0 Å². The number of ether oxygens (including phenoxy) is 1. The van der Waals surface area contributed by atoms with Crippen LogP contribution in [-0.2, 0) is 17.8 Å². The summed E-state index contributed by atoms with van der Waals surface area (Å²) in [6.45, 7) is 3.43. The SMILES string of the molecule is CC(C)(O)Cn1ccc(NC(=O)C(Cc2c(Cl)cccc2Cl)n2cc(Oc3c(F)cccc3F)cc2O)n1. The molecule has 0 saturated heterocycles. The van der Waals surface area contributed by atoms with Crippen molar-refractivity contribution in [1.29, 1.82) is 0 Å². The van der Waals surface area contributed by atoms with Gasteiger partial charge in [0.15, 0.2) is 29.1 Å². The lowest BCUT2D eigenvalue weighted by molar-refractivity contribution is -0.119. The van der Waals surface area contributed by atoms with Crippen molar-refractivity contribution in [3.05, 3.63) is 88.2 Å². The van der Waals surface area contributed by atoms with E-state index >= 15 is 0 Å². The van der Waals surface area contributed by atoms with E-state index in [1.807, 2.05) is 0 Å². The van der Waals surface area contributed by atoms with Crippen LogP contribution in [0.2, 0.25) is 10.0 Å². The quantitative estimate of drug-likeness (QED) is 0.233. The summed E-state index contributed by atoms with van der Waals surface area (Å²) >= 11 is 12.7. The van der Waals surface area contributed by atoms with Crippen LogP contribution in [0.5, 0.6) is 17.4 Å². The number of rotatable bonds is 9. The van der Waals surface area contributed by atoms with E-state index < -0.39 is 40.8 Å². The molecule has 0 bridgehead atoms. The number of anilines is 1. The molecule has 3 N–H and O–H groups in total. The van der Waals surface area contributed by atoms with Crippen LogP contribution in [0.1, 0.15) is 25.5 Å². The first kappa shape index (κ1) is 27.4. The molecule has 2 aromatic carbocycles. The Kier molecular flexibility index (Phi) is 7.96. The number of carbonyl (C=O) groups is 1. The predicted octanol–water partition coefficient (Wildman–Crippen LogP) is 5.96. The van der Waals surface area contributed by atoms with Crippen molar-refractivity contribution in [2.24, 2.45) is 0 Å². The van der Waals surface area contributed by atoms with Gasteiger partial charge in [0.25, 0.3) is 0 Å². The summed E-state index contributed by atoms with van der Waals surface area (Å²) in [5.41, 5.74) is -0.582. The number of benzene rings is 2. The fourth-order valence-corrected chi connectivity index (χ4v) is 4.36. The topological polar surface area (TPSA) is 102 Å². The van der Waals surface area contributed by atoms with E-state index in [2.05, 4.69) is 10.4 Å². The van der Waals surface area contributed by atoms with Gasteiger partial charge >= 0.3 is 0 Å².